The second-order valence-electron chi connectivity index (χ2n) is 5.92. The molecule has 1 saturated heterocycles. The second kappa shape index (κ2) is 6.85. The van der Waals surface area contributed by atoms with Crippen LogP contribution in [0.2, 0.25) is 0 Å². The fraction of sp³-hybridized carbons (Fsp3) is 0.667. The predicted molar refractivity (Wildman–Crippen MR) is 83.9 cm³/mol. The van der Waals surface area contributed by atoms with Crippen LogP contribution in [-0.2, 0) is 16.8 Å². The van der Waals surface area contributed by atoms with Crippen LogP contribution in [0.15, 0.2) is 24.4 Å². The van der Waals surface area contributed by atoms with E-state index >= 15 is 0 Å². The molecule has 2 heterocycles. The van der Waals surface area contributed by atoms with Crippen molar-refractivity contribution in [3.05, 3.63) is 30.1 Å². The first kappa shape index (κ1) is 16.4. The van der Waals surface area contributed by atoms with Crippen molar-refractivity contribution in [2.75, 3.05) is 6.54 Å². The highest BCUT2D eigenvalue weighted by molar-refractivity contribution is 7.86. The van der Waals surface area contributed by atoms with Gasteiger partial charge in [0.25, 0.3) is 10.2 Å². The van der Waals surface area contributed by atoms with Gasteiger partial charge in [0, 0.05) is 24.8 Å². The average molecular weight is 311 g/mol. The summed E-state index contributed by atoms with van der Waals surface area (Å²) in [5.74, 6) is 0. The lowest BCUT2D eigenvalue weighted by Crippen LogP contribution is -2.51. The molecule has 1 fully saturated rings. The fourth-order valence-corrected chi connectivity index (χ4v) is 4.75. The van der Waals surface area contributed by atoms with E-state index in [1.165, 1.54) is 0 Å². The maximum absolute atomic E-state index is 13.0. The Kier molecular flexibility index (Phi) is 5.35. The van der Waals surface area contributed by atoms with Crippen LogP contribution in [0.25, 0.3) is 0 Å². The molecule has 0 radical (unpaired) electrons. The van der Waals surface area contributed by atoms with Crippen molar-refractivity contribution in [1.29, 1.82) is 0 Å². The maximum atomic E-state index is 13.0. The quantitative estimate of drug-likeness (QED) is 0.839. The molecule has 6 heteroatoms. The zero-order valence-electron chi connectivity index (χ0n) is 13.1. The first-order valence-electron chi connectivity index (χ1n) is 7.61. The van der Waals surface area contributed by atoms with Gasteiger partial charge in [0.05, 0.1) is 12.2 Å². The molecule has 1 aromatic rings. The lowest BCUT2D eigenvalue weighted by molar-refractivity contribution is 0.231. The topological polar surface area (TPSA) is 53.5 Å². The van der Waals surface area contributed by atoms with Crippen LogP contribution < -0.4 is 0 Å². The number of aromatic nitrogens is 1. The van der Waals surface area contributed by atoms with Crippen molar-refractivity contribution in [2.24, 2.45) is 0 Å². The second-order valence-corrected chi connectivity index (χ2v) is 7.76. The number of rotatable bonds is 5. The molecule has 0 unspecified atom stereocenters. The van der Waals surface area contributed by atoms with Crippen molar-refractivity contribution in [3.63, 3.8) is 0 Å². The summed E-state index contributed by atoms with van der Waals surface area (Å²) < 4.78 is 29.1. The number of hydrogen-bond acceptors (Lipinski definition) is 3. The van der Waals surface area contributed by atoms with Gasteiger partial charge in [-0.3, -0.25) is 4.98 Å². The van der Waals surface area contributed by atoms with Crippen molar-refractivity contribution in [3.8, 4) is 0 Å². The normalized spacial score (nSPS) is 21.1. The third kappa shape index (κ3) is 3.81. The Morgan fingerprint density at radius 2 is 2.14 bits per heavy atom. The van der Waals surface area contributed by atoms with Crippen LogP contribution in [0.3, 0.4) is 0 Å². The highest BCUT2D eigenvalue weighted by Crippen LogP contribution is 2.24. The zero-order chi connectivity index (χ0) is 15.5. The van der Waals surface area contributed by atoms with E-state index in [2.05, 4.69) is 4.98 Å². The minimum Gasteiger partial charge on any atom is -0.260 e. The first-order chi connectivity index (χ1) is 9.93. The molecule has 0 spiro atoms. The number of nitrogens with zero attached hydrogens (tertiary/aromatic N) is 3. The van der Waals surface area contributed by atoms with Gasteiger partial charge in [0.1, 0.15) is 0 Å². The highest BCUT2D eigenvalue weighted by Gasteiger charge is 2.35. The molecule has 118 valence electrons. The Hall–Kier alpha value is -0.980. The van der Waals surface area contributed by atoms with Crippen LogP contribution in [0.1, 0.15) is 45.7 Å². The lowest BCUT2D eigenvalue weighted by atomic mass is 10.1. The first-order valence-corrected chi connectivity index (χ1v) is 9.01. The molecule has 5 nitrogen and oxygen atoms in total. The smallest absolute Gasteiger partial charge is 0.260 e. The molecule has 0 N–H and O–H groups in total. The third-order valence-corrected chi connectivity index (χ3v) is 6.23. The fourth-order valence-electron chi connectivity index (χ4n) is 2.73. The standard InChI is InChI=1S/C15H25N3O2S/c1-13(2)18(12-15-9-4-6-10-16-15)21(19,20)17-11-7-5-8-14(17)3/h4,6,9-10,13-14H,5,7-8,11-12H2,1-3H3/t14-/m0/s1. The van der Waals surface area contributed by atoms with Crippen LogP contribution in [0.4, 0.5) is 0 Å². The summed E-state index contributed by atoms with van der Waals surface area (Å²) in [5, 5.41) is 0. The van der Waals surface area contributed by atoms with Gasteiger partial charge in [-0.2, -0.15) is 17.0 Å². The SMILES string of the molecule is CC(C)N(Cc1ccccn1)S(=O)(=O)N1CCCC[C@@H]1C. The van der Waals surface area contributed by atoms with Crippen molar-refractivity contribution < 1.29 is 8.42 Å². The summed E-state index contributed by atoms with van der Waals surface area (Å²) in [6.07, 6.45) is 4.69. The van der Waals surface area contributed by atoms with E-state index in [0.29, 0.717) is 13.1 Å². The molecule has 1 aliphatic heterocycles. The average Bonchev–Trinajstić information content (AvgIpc) is 2.45. The summed E-state index contributed by atoms with van der Waals surface area (Å²) in [6.45, 7) is 6.76. The molecular weight excluding hydrogens is 286 g/mol. The van der Waals surface area contributed by atoms with Crippen molar-refractivity contribution in [1.82, 2.24) is 13.6 Å². The maximum Gasteiger partial charge on any atom is 0.282 e. The number of piperidine rings is 1. The number of pyridine rings is 1. The molecule has 0 bridgehead atoms. The molecule has 1 aromatic heterocycles. The van der Waals surface area contributed by atoms with Crippen LogP contribution in [0.5, 0.6) is 0 Å². The van der Waals surface area contributed by atoms with Gasteiger partial charge < -0.3 is 0 Å². The van der Waals surface area contributed by atoms with Gasteiger partial charge in [0.2, 0.25) is 0 Å². The molecule has 1 aliphatic rings. The van der Waals surface area contributed by atoms with E-state index in [1.807, 2.05) is 39.0 Å². The summed E-state index contributed by atoms with van der Waals surface area (Å²) in [4.78, 5) is 4.25. The van der Waals surface area contributed by atoms with Gasteiger partial charge in [0.15, 0.2) is 0 Å². The summed E-state index contributed by atoms with van der Waals surface area (Å²) in [7, 11) is -3.44. The number of hydrogen-bond donors (Lipinski definition) is 0. The van der Waals surface area contributed by atoms with Gasteiger partial charge in [-0.1, -0.05) is 12.5 Å². The van der Waals surface area contributed by atoms with E-state index in [9.17, 15) is 8.42 Å². The molecule has 0 aromatic carbocycles. The Labute approximate surface area is 128 Å². The summed E-state index contributed by atoms with van der Waals surface area (Å²) in [5.41, 5.74) is 0.777. The van der Waals surface area contributed by atoms with Gasteiger partial charge in [-0.05, 0) is 45.7 Å². The molecule has 0 saturated carbocycles. The van der Waals surface area contributed by atoms with Gasteiger partial charge in [-0.25, -0.2) is 0 Å². The Balaban J connectivity index is 2.24. The predicted octanol–water partition coefficient (Wildman–Crippen LogP) is 2.41. The van der Waals surface area contributed by atoms with E-state index in [0.717, 1.165) is 25.0 Å². The van der Waals surface area contributed by atoms with E-state index in [-0.39, 0.29) is 12.1 Å². The largest absolute Gasteiger partial charge is 0.282 e. The molecular formula is C15H25N3O2S. The van der Waals surface area contributed by atoms with Gasteiger partial charge in [-0.15, -0.1) is 0 Å². The monoisotopic (exact) mass is 311 g/mol. The minimum atomic E-state index is -3.44. The van der Waals surface area contributed by atoms with Crippen LogP contribution in [0, 0.1) is 0 Å². The van der Waals surface area contributed by atoms with Crippen LogP contribution in [-0.4, -0.2) is 40.6 Å². The molecule has 0 aliphatic carbocycles. The summed E-state index contributed by atoms with van der Waals surface area (Å²) in [6, 6.07) is 5.58. The van der Waals surface area contributed by atoms with E-state index < -0.39 is 10.2 Å². The van der Waals surface area contributed by atoms with Crippen molar-refractivity contribution in [2.45, 2.75) is 58.7 Å². The van der Waals surface area contributed by atoms with Crippen LogP contribution >= 0.6 is 0 Å². The third-order valence-electron chi connectivity index (χ3n) is 3.95. The zero-order valence-corrected chi connectivity index (χ0v) is 13.9. The van der Waals surface area contributed by atoms with E-state index in [4.69, 9.17) is 0 Å². The van der Waals surface area contributed by atoms with E-state index in [1.54, 1.807) is 14.8 Å². The molecule has 2 rings (SSSR count). The molecule has 1 atom stereocenters. The lowest BCUT2D eigenvalue weighted by Gasteiger charge is -2.37. The molecule has 21 heavy (non-hydrogen) atoms. The molecule has 0 amide bonds. The summed E-state index contributed by atoms with van der Waals surface area (Å²) >= 11 is 0. The Bertz CT molecular complexity index is 545. The minimum absolute atomic E-state index is 0.0775. The Morgan fingerprint density at radius 3 is 2.71 bits per heavy atom. The van der Waals surface area contributed by atoms with Gasteiger partial charge >= 0.3 is 0 Å². The highest BCUT2D eigenvalue weighted by atomic mass is 32.2. The Morgan fingerprint density at radius 1 is 1.38 bits per heavy atom. The van der Waals surface area contributed by atoms with Crippen molar-refractivity contribution >= 4 is 10.2 Å².